The van der Waals surface area contributed by atoms with Gasteiger partial charge in [0.1, 0.15) is 0 Å². The molecule has 0 saturated carbocycles. The van der Waals surface area contributed by atoms with Crippen molar-refractivity contribution < 1.29 is 23.5 Å². The smallest absolute Gasteiger partial charge is 0.317 e. The van der Waals surface area contributed by atoms with Crippen LogP contribution in [0.4, 0.5) is 8.78 Å². The number of carboxylic acids is 1. The quantitative estimate of drug-likeness (QED) is 0.770. The predicted octanol–water partition coefficient (Wildman–Crippen LogP) is 0.337. The Kier molecular flexibility index (Phi) is 4.73. The Labute approximate surface area is 102 Å². The van der Waals surface area contributed by atoms with Crippen LogP contribution in [-0.2, 0) is 16.1 Å². The largest absolute Gasteiger partial charge is 0.480 e. The molecule has 1 rings (SSSR count). The maximum absolute atomic E-state index is 13.0. The van der Waals surface area contributed by atoms with E-state index in [1.54, 1.807) is 0 Å². The molecule has 0 fully saturated rings. The van der Waals surface area contributed by atoms with Crippen molar-refractivity contribution in [2.24, 2.45) is 5.73 Å². The first kappa shape index (κ1) is 14.0. The van der Waals surface area contributed by atoms with Gasteiger partial charge in [-0.3, -0.25) is 14.5 Å². The zero-order valence-corrected chi connectivity index (χ0v) is 9.40. The van der Waals surface area contributed by atoms with Gasteiger partial charge in [0.15, 0.2) is 11.6 Å². The first-order valence-electron chi connectivity index (χ1n) is 5.05. The van der Waals surface area contributed by atoms with Crippen molar-refractivity contribution >= 4 is 11.9 Å². The van der Waals surface area contributed by atoms with Crippen LogP contribution in [0, 0.1) is 11.6 Å². The third-order valence-electron chi connectivity index (χ3n) is 2.13. The average molecular weight is 258 g/mol. The Balaban J connectivity index is 2.77. The molecule has 18 heavy (non-hydrogen) atoms. The van der Waals surface area contributed by atoms with Gasteiger partial charge in [-0.15, -0.1) is 0 Å². The molecule has 0 aliphatic heterocycles. The minimum atomic E-state index is -1.14. The summed E-state index contributed by atoms with van der Waals surface area (Å²) in [5.74, 6) is -3.85. The summed E-state index contributed by atoms with van der Waals surface area (Å²) in [6, 6.07) is 3.20. The maximum Gasteiger partial charge on any atom is 0.317 e. The molecule has 0 heterocycles. The first-order valence-corrected chi connectivity index (χ1v) is 5.05. The van der Waals surface area contributed by atoms with Crippen molar-refractivity contribution in [3.05, 3.63) is 35.4 Å². The lowest BCUT2D eigenvalue weighted by Crippen LogP contribution is -2.36. The van der Waals surface area contributed by atoms with E-state index in [2.05, 4.69) is 0 Å². The van der Waals surface area contributed by atoms with E-state index >= 15 is 0 Å². The second kappa shape index (κ2) is 6.06. The van der Waals surface area contributed by atoms with Crippen molar-refractivity contribution in [1.29, 1.82) is 0 Å². The number of carboxylic acid groups (broad SMARTS) is 1. The van der Waals surface area contributed by atoms with Crippen molar-refractivity contribution in [2.75, 3.05) is 13.1 Å². The molecular weight excluding hydrogens is 246 g/mol. The molecule has 0 radical (unpaired) electrons. The Morgan fingerprint density at radius 2 is 1.89 bits per heavy atom. The standard InChI is InChI=1S/C11H12F2N2O3/c12-8-2-1-7(3-9(8)13)4-15(5-10(14)16)6-11(17)18/h1-3H,4-6H2,(H2,14,16)(H,17,18). The summed E-state index contributed by atoms with van der Waals surface area (Å²) in [6.45, 7) is -0.695. The summed E-state index contributed by atoms with van der Waals surface area (Å²) in [4.78, 5) is 22.6. The van der Waals surface area contributed by atoms with Crippen molar-refractivity contribution in [3.8, 4) is 0 Å². The number of carbonyl (C=O) groups excluding carboxylic acids is 1. The molecule has 0 saturated heterocycles. The van der Waals surface area contributed by atoms with E-state index < -0.39 is 30.1 Å². The van der Waals surface area contributed by atoms with E-state index in [0.717, 1.165) is 12.1 Å². The zero-order chi connectivity index (χ0) is 13.7. The minimum absolute atomic E-state index is 0.00750. The van der Waals surface area contributed by atoms with E-state index in [-0.39, 0.29) is 13.1 Å². The molecule has 0 bridgehead atoms. The number of halogens is 2. The molecule has 0 aromatic heterocycles. The molecule has 5 nitrogen and oxygen atoms in total. The monoisotopic (exact) mass is 258 g/mol. The number of aliphatic carboxylic acids is 1. The molecule has 0 atom stereocenters. The van der Waals surface area contributed by atoms with Gasteiger partial charge in [-0.05, 0) is 17.7 Å². The number of rotatable bonds is 6. The van der Waals surface area contributed by atoms with Crippen molar-refractivity contribution in [3.63, 3.8) is 0 Å². The van der Waals surface area contributed by atoms with Crippen molar-refractivity contribution in [2.45, 2.75) is 6.54 Å². The summed E-state index contributed by atoms with van der Waals surface area (Å²) in [7, 11) is 0. The number of nitrogens with two attached hydrogens (primary N) is 1. The fraction of sp³-hybridized carbons (Fsp3) is 0.273. The highest BCUT2D eigenvalue weighted by molar-refractivity contribution is 5.77. The fourth-order valence-electron chi connectivity index (χ4n) is 1.48. The van der Waals surface area contributed by atoms with Crippen molar-refractivity contribution in [1.82, 2.24) is 4.90 Å². The molecule has 7 heteroatoms. The van der Waals surface area contributed by atoms with Crippen LogP contribution < -0.4 is 5.73 Å². The van der Waals surface area contributed by atoms with Gasteiger partial charge >= 0.3 is 5.97 Å². The van der Waals surface area contributed by atoms with E-state index in [9.17, 15) is 18.4 Å². The maximum atomic E-state index is 13.0. The highest BCUT2D eigenvalue weighted by Crippen LogP contribution is 2.10. The van der Waals surface area contributed by atoms with Crippen LogP contribution in [0.2, 0.25) is 0 Å². The van der Waals surface area contributed by atoms with Gasteiger partial charge in [0.25, 0.3) is 0 Å². The number of nitrogens with zero attached hydrogens (tertiary/aromatic N) is 1. The molecule has 1 aromatic carbocycles. The number of primary amides is 1. The second-order valence-electron chi connectivity index (χ2n) is 3.75. The third kappa shape index (κ3) is 4.46. The molecule has 1 aromatic rings. The molecule has 98 valence electrons. The minimum Gasteiger partial charge on any atom is -0.480 e. The normalized spacial score (nSPS) is 10.6. The summed E-state index contributed by atoms with van der Waals surface area (Å²) < 4.78 is 25.7. The van der Waals surface area contributed by atoms with Crippen LogP contribution in [0.5, 0.6) is 0 Å². The number of hydrogen-bond donors (Lipinski definition) is 2. The summed E-state index contributed by atoms with van der Waals surface area (Å²) >= 11 is 0. The number of hydrogen-bond acceptors (Lipinski definition) is 3. The molecule has 0 aliphatic rings. The SMILES string of the molecule is NC(=O)CN(CC(=O)O)Cc1ccc(F)c(F)c1. The van der Waals surface area contributed by atoms with Crippen LogP contribution in [0.1, 0.15) is 5.56 Å². The van der Waals surface area contributed by atoms with E-state index in [4.69, 9.17) is 10.8 Å². The highest BCUT2D eigenvalue weighted by Gasteiger charge is 2.13. The number of carbonyl (C=O) groups is 2. The lowest BCUT2D eigenvalue weighted by atomic mass is 10.2. The topological polar surface area (TPSA) is 83.6 Å². The third-order valence-corrected chi connectivity index (χ3v) is 2.13. The van der Waals surface area contributed by atoms with Gasteiger partial charge in [-0.1, -0.05) is 6.07 Å². The Morgan fingerprint density at radius 1 is 1.22 bits per heavy atom. The summed E-state index contributed by atoms with van der Waals surface area (Å²) in [5, 5.41) is 8.65. The van der Waals surface area contributed by atoms with Crippen LogP contribution >= 0.6 is 0 Å². The molecular formula is C11H12F2N2O3. The van der Waals surface area contributed by atoms with Gasteiger partial charge in [0.05, 0.1) is 13.1 Å². The van der Waals surface area contributed by atoms with Crippen LogP contribution in [-0.4, -0.2) is 35.0 Å². The van der Waals surface area contributed by atoms with E-state index in [1.807, 2.05) is 0 Å². The zero-order valence-electron chi connectivity index (χ0n) is 9.40. The van der Waals surface area contributed by atoms with Gasteiger partial charge < -0.3 is 10.8 Å². The fourth-order valence-corrected chi connectivity index (χ4v) is 1.48. The van der Waals surface area contributed by atoms with E-state index in [1.165, 1.54) is 11.0 Å². The number of amides is 1. The average Bonchev–Trinajstić information content (AvgIpc) is 2.21. The first-order chi connectivity index (χ1) is 8.38. The van der Waals surface area contributed by atoms with Crippen LogP contribution in [0.3, 0.4) is 0 Å². The van der Waals surface area contributed by atoms with Crippen LogP contribution in [0.15, 0.2) is 18.2 Å². The van der Waals surface area contributed by atoms with E-state index in [0.29, 0.717) is 5.56 Å². The molecule has 1 amide bonds. The second-order valence-corrected chi connectivity index (χ2v) is 3.75. The lowest BCUT2D eigenvalue weighted by molar-refractivity contribution is -0.138. The van der Waals surface area contributed by atoms with Gasteiger partial charge in [-0.25, -0.2) is 8.78 Å². The highest BCUT2D eigenvalue weighted by atomic mass is 19.2. The summed E-state index contributed by atoms with van der Waals surface area (Å²) in [6.07, 6.45) is 0. The Bertz CT molecular complexity index is 450. The number of benzene rings is 1. The predicted molar refractivity (Wildman–Crippen MR) is 58.5 cm³/mol. The Morgan fingerprint density at radius 3 is 2.39 bits per heavy atom. The molecule has 0 aliphatic carbocycles. The lowest BCUT2D eigenvalue weighted by Gasteiger charge is -2.18. The van der Waals surface area contributed by atoms with Gasteiger partial charge in [0, 0.05) is 6.54 Å². The van der Waals surface area contributed by atoms with Gasteiger partial charge in [-0.2, -0.15) is 0 Å². The molecule has 0 spiro atoms. The van der Waals surface area contributed by atoms with Crippen LogP contribution in [0.25, 0.3) is 0 Å². The summed E-state index contributed by atoms with van der Waals surface area (Å²) in [5.41, 5.74) is 5.33. The Hall–Kier alpha value is -2.02. The molecule has 0 unspecified atom stereocenters. The molecule has 3 N–H and O–H groups in total. The van der Waals surface area contributed by atoms with Gasteiger partial charge in [0.2, 0.25) is 5.91 Å².